The number of nitrogens with zero attached hydrogens (tertiary/aromatic N) is 4. The van der Waals surface area contributed by atoms with Gasteiger partial charge in [0.05, 0.1) is 16.3 Å². The summed E-state index contributed by atoms with van der Waals surface area (Å²) in [4.78, 5) is 0.337. The van der Waals surface area contributed by atoms with Crippen LogP contribution in [-0.2, 0) is 9.84 Å². The Labute approximate surface area is 144 Å². The van der Waals surface area contributed by atoms with Crippen molar-refractivity contribution in [3.8, 4) is 5.69 Å². The predicted molar refractivity (Wildman–Crippen MR) is 93.1 cm³/mol. The minimum absolute atomic E-state index is 0.0301. The van der Waals surface area contributed by atoms with E-state index in [0.29, 0.717) is 15.8 Å². The smallest absolute Gasteiger partial charge is 0.214 e. The van der Waals surface area contributed by atoms with Crippen molar-refractivity contribution in [2.75, 3.05) is 11.5 Å². The van der Waals surface area contributed by atoms with Crippen molar-refractivity contribution in [1.29, 1.82) is 0 Å². The van der Waals surface area contributed by atoms with Crippen LogP contribution in [0.5, 0.6) is 0 Å². The van der Waals surface area contributed by atoms with Crippen LogP contribution in [0.2, 0.25) is 0 Å². The highest BCUT2D eigenvalue weighted by Gasteiger charge is 2.15. The van der Waals surface area contributed by atoms with E-state index >= 15 is 0 Å². The molecule has 6 nitrogen and oxygen atoms in total. The Bertz CT molecular complexity index is 924. The van der Waals surface area contributed by atoms with Gasteiger partial charge in [-0.25, -0.2) is 8.42 Å². The first kappa shape index (κ1) is 16.7. The zero-order valence-corrected chi connectivity index (χ0v) is 14.7. The average molecular weight is 360 g/mol. The molecule has 0 atom stereocenters. The molecule has 0 spiro atoms. The SMILES string of the molecule is Cc1cccc(-n2nnnc2SCCS(=O)(=O)c2ccccc2)c1. The number of hydrogen-bond acceptors (Lipinski definition) is 6. The van der Waals surface area contributed by atoms with E-state index in [9.17, 15) is 8.42 Å². The largest absolute Gasteiger partial charge is 0.224 e. The molecule has 0 fully saturated rings. The number of aromatic nitrogens is 4. The molecule has 0 saturated heterocycles. The summed E-state index contributed by atoms with van der Waals surface area (Å²) in [6, 6.07) is 16.3. The highest BCUT2D eigenvalue weighted by molar-refractivity contribution is 8.00. The van der Waals surface area contributed by atoms with Crippen LogP contribution in [0, 0.1) is 6.92 Å². The average Bonchev–Trinajstić information content (AvgIpc) is 3.04. The Morgan fingerprint density at radius 1 is 1.08 bits per heavy atom. The van der Waals surface area contributed by atoms with Crippen LogP contribution in [0.1, 0.15) is 5.56 Å². The molecule has 0 aliphatic rings. The van der Waals surface area contributed by atoms with Gasteiger partial charge in [-0.15, -0.1) is 5.10 Å². The molecule has 8 heteroatoms. The van der Waals surface area contributed by atoms with Crippen LogP contribution in [0.25, 0.3) is 5.69 Å². The van der Waals surface area contributed by atoms with E-state index in [1.165, 1.54) is 11.8 Å². The molecule has 24 heavy (non-hydrogen) atoms. The van der Waals surface area contributed by atoms with Crippen molar-refractivity contribution in [3.05, 3.63) is 60.2 Å². The number of sulfone groups is 1. The van der Waals surface area contributed by atoms with Crippen molar-refractivity contribution in [3.63, 3.8) is 0 Å². The summed E-state index contributed by atoms with van der Waals surface area (Å²) in [5.41, 5.74) is 1.96. The molecule has 2 aromatic carbocycles. The lowest BCUT2D eigenvalue weighted by molar-refractivity contribution is 0.597. The number of thioether (sulfide) groups is 1. The maximum absolute atomic E-state index is 12.3. The second kappa shape index (κ2) is 7.14. The topological polar surface area (TPSA) is 77.7 Å². The Morgan fingerprint density at radius 2 is 1.88 bits per heavy atom. The standard InChI is InChI=1S/C16H16N4O2S2/c1-13-6-5-7-14(12-13)20-16(17-18-19-20)23-10-11-24(21,22)15-8-3-2-4-9-15/h2-9,12H,10-11H2,1H3. The summed E-state index contributed by atoms with van der Waals surface area (Å²) in [5.74, 6) is 0.409. The van der Waals surface area contributed by atoms with E-state index in [1.807, 2.05) is 31.2 Å². The molecule has 0 saturated carbocycles. The number of hydrogen-bond donors (Lipinski definition) is 0. The molecule has 0 aliphatic carbocycles. The lowest BCUT2D eigenvalue weighted by Gasteiger charge is -2.06. The molecule has 0 aliphatic heterocycles. The fourth-order valence-corrected chi connectivity index (χ4v) is 4.74. The lowest BCUT2D eigenvalue weighted by atomic mass is 10.2. The first-order valence-corrected chi connectivity index (χ1v) is 9.96. The molecule has 0 amide bonds. The predicted octanol–water partition coefficient (Wildman–Crippen LogP) is 2.54. The minimum Gasteiger partial charge on any atom is -0.224 e. The zero-order chi connectivity index (χ0) is 17.0. The molecule has 3 rings (SSSR count). The zero-order valence-electron chi connectivity index (χ0n) is 13.0. The number of tetrazole rings is 1. The van der Waals surface area contributed by atoms with Gasteiger partial charge in [0.15, 0.2) is 9.84 Å². The summed E-state index contributed by atoms with van der Waals surface area (Å²) in [5, 5.41) is 12.2. The van der Waals surface area contributed by atoms with Gasteiger partial charge in [0.25, 0.3) is 0 Å². The van der Waals surface area contributed by atoms with Gasteiger partial charge in [0.1, 0.15) is 0 Å². The van der Waals surface area contributed by atoms with Gasteiger partial charge in [-0.3, -0.25) is 0 Å². The maximum Gasteiger partial charge on any atom is 0.214 e. The van der Waals surface area contributed by atoms with E-state index in [-0.39, 0.29) is 5.75 Å². The van der Waals surface area contributed by atoms with Gasteiger partial charge >= 0.3 is 0 Å². The summed E-state index contributed by atoms with van der Waals surface area (Å²) < 4.78 is 26.2. The molecule has 0 unspecified atom stereocenters. The first-order chi connectivity index (χ1) is 11.6. The highest BCUT2D eigenvalue weighted by atomic mass is 32.2. The summed E-state index contributed by atoms with van der Waals surface area (Å²) in [7, 11) is -3.30. The van der Waals surface area contributed by atoms with Crippen molar-refractivity contribution in [2.45, 2.75) is 17.0 Å². The fraction of sp³-hybridized carbons (Fsp3) is 0.188. The summed E-state index contributed by atoms with van der Waals surface area (Å²) in [6.45, 7) is 1.99. The molecule has 124 valence electrons. The summed E-state index contributed by atoms with van der Waals surface area (Å²) in [6.07, 6.45) is 0. The van der Waals surface area contributed by atoms with Crippen molar-refractivity contribution < 1.29 is 8.42 Å². The van der Waals surface area contributed by atoms with Crippen LogP contribution in [0.4, 0.5) is 0 Å². The molecule has 3 aromatic rings. The van der Waals surface area contributed by atoms with Crippen LogP contribution < -0.4 is 0 Å². The molecule has 1 aromatic heterocycles. The Hall–Kier alpha value is -2.19. The van der Waals surface area contributed by atoms with Crippen LogP contribution in [0.15, 0.2) is 64.6 Å². The molecular formula is C16H16N4O2S2. The van der Waals surface area contributed by atoms with Gasteiger partial charge in [0, 0.05) is 5.75 Å². The van der Waals surface area contributed by atoms with Gasteiger partial charge in [-0.1, -0.05) is 42.1 Å². The van der Waals surface area contributed by atoms with Crippen LogP contribution in [0.3, 0.4) is 0 Å². The molecule has 0 radical (unpaired) electrons. The third-order valence-corrected chi connectivity index (χ3v) is 6.28. The van der Waals surface area contributed by atoms with Crippen molar-refractivity contribution in [1.82, 2.24) is 20.2 Å². The highest BCUT2D eigenvalue weighted by Crippen LogP contribution is 2.20. The van der Waals surface area contributed by atoms with Crippen molar-refractivity contribution in [2.24, 2.45) is 0 Å². The quantitative estimate of drug-likeness (QED) is 0.629. The lowest BCUT2D eigenvalue weighted by Crippen LogP contribution is -2.09. The summed E-state index contributed by atoms with van der Waals surface area (Å²) >= 11 is 1.32. The monoisotopic (exact) mass is 360 g/mol. The second-order valence-electron chi connectivity index (χ2n) is 5.19. The van der Waals surface area contributed by atoms with Gasteiger partial charge < -0.3 is 0 Å². The van der Waals surface area contributed by atoms with Crippen molar-refractivity contribution >= 4 is 21.6 Å². The number of rotatable bonds is 6. The molecule has 0 bridgehead atoms. The van der Waals surface area contributed by atoms with Gasteiger partial charge in [-0.2, -0.15) is 4.68 Å². The number of benzene rings is 2. The van der Waals surface area contributed by atoms with Crippen LogP contribution in [-0.4, -0.2) is 40.1 Å². The number of aryl methyl sites for hydroxylation is 1. The molecular weight excluding hydrogens is 344 g/mol. The maximum atomic E-state index is 12.3. The third kappa shape index (κ3) is 3.82. The van der Waals surface area contributed by atoms with E-state index < -0.39 is 9.84 Å². The third-order valence-electron chi connectivity index (χ3n) is 3.37. The molecule has 0 N–H and O–H groups in total. The van der Waals surface area contributed by atoms with Gasteiger partial charge in [-0.05, 0) is 47.2 Å². The van der Waals surface area contributed by atoms with E-state index in [0.717, 1.165) is 11.3 Å². The fourth-order valence-electron chi connectivity index (χ4n) is 2.18. The van der Waals surface area contributed by atoms with E-state index in [2.05, 4.69) is 15.5 Å². The minimum atomic E-state index is -3.30. The Balaban J connectivity index is 1.70. The van der Waals surface area contributed by atoms with E-state index in [1.54, 1.807) is 35.0 Å². The van der Waals surface area contributed by atoms with Gasteiger partial charge in [0.2, 0.25) is 5.16 Å². The van der Waals surface area contributed by atoms with Crippen LogP contribution >= 0.6 is 11.8 Å². The normalized spacial score (nSPS) is 11.5. The first-order valence-electron chi connectivity index (χ1n) is 7.32. The molecule has 1 heterocycles. The second-order valence-corrected chi connectivity index (χ2v) is 8.36. The Kier molecular flexibility index (Phi) is 4.96. The Morgan fingerprint density at radius 3 is 2.62 bits per heavy atom. The van der Waals surface area contributed by atoms with E-state index in [4.69, 9.17) is 0 Å².